The quantitative estimate of drug-likeness (QED) is 0.586. The number of para-hydroxylation sites is 1. The van der Waals surface area contributed by atoms with Crippen LogP contribution in [0.2, 0.25) is 0 Å². The van der Waals surface area contributed by atoms with Gasteiger partial charge in [0.1, 0.15) is 6.10 Å². The molecule has 1 aromatic carbocycles. The standard InChI is InChI=1S/C21H22N2O2/c1-3-12-10-23-16-8-13(12)18-17(23)9-21(20(18)25-11(2)24)14-6-4-5-7-15(14)22-19(16)21/h3-7,13,16-18,20H,8-10H2,1-2H3/b12-3-/t13-,16-,17-,18?,20?,21+/m0/s1. The van der Waals surface area contributed by atoms with Crippen LogP contribution in [0.4, 0.5) is 5.69 Å². The summed E-state index contributed by atoms with van der Waals surface area (Å²) in [5, 5.41) is 0. The number of rotatable bonds is 1. The number of benzene rings is 1. The SMILES string of the molecule is C/C=C1/CN2[C@H]3C[C@@H]1C1C(OC(C)=O)[C@@]4(C[C@@H]12)C3=Nc1ccccc14. The Hall–Kier alpha value is -1.94. The van der Waals surface area contributed by atoms with Crippen molar-refractivity contribution in [3.63, 3.8) is 0 Å². The minimum Gasteiger partial charge on any atom is -0.461 e. The molecule has 7 rings (SSSR count). The Kier molecular flexibility index (Phi) is 2.52. The highest BCUT2D eigenvalue weighted by Crippen LogP contribution is 2.66. The molecule has 5 fully saturated rings. The first kappa shape index (κ1) is 14.3. The van der Waals surface area contributed by atoms with Gasteiger partial charge in [-0.3, -0.25) is 14.7 Å². The van der Waals surface area contributed by atoms with E-state index in [-0.39, 0.29) is 17.5 Å². The summed E-state index contributed by atoms with van der Waals surface area (Å²) in [5.41, 5.74) is 5.00. The highest BCUT2D eigenvalue weighted by molar-refractivity contribution is 6.08. The number of piperidine rings is 4. The minimum atomic E-state index is -0.184. The lowest BCUT2D eigenvalue weighted by Crippen LogP contribution is -2.64. The van der Waals surface area contributed by atoms with Gasteiger partial charge in [0.15, 0.2) is 0 Å². The van der Waals surface area contributed by atoms with Gasteiger partial charge >= 0.3 is 5.97 Å². The predicted octanol–water partition coefficient (Wildman–Crippen LogP) is 2.99. The van der Waals surface area contributed by atoms with Gasteiger partial charge in [-0.15, -0.1) is 0 Å². The maximum atomic E-state index is 12.0. The van der Waals surface area contributed by atoms with E-state index in [2.05, 4.69) is 42.2 Å². The molecule has 7 atom stereocenters. The van der Waals surface area contributed by atoms with E-state index in [1.165, 1.54) is 16.8 Å². The molecule has 4 saturated heterocycles. The van der Waals surface area contributed by atoms with Crippen LogP contribution in [0.1, 0.15) is 32.3 Å². The van der Waals surface area contributed by atoms with Crippen molar-refractivity contribution in [2.24, 2.45) is 16.8 Å². The monoisotopic (exact) mass is 334 g/mol. The fourth-order valence-corrected chi connectivity index (χ4v) is 6.78. The molecule has 3 unspecified atom stereocenters. The van der Waals surface area contributed by atoms with Gasteiger partial charge in [-0.25, -0.2) is 0 Å². The number of fused-ring (bicyclic) bond motifs is 2. The lowest BCUT2D eigenvalue weighted by molar-refractivity contribution is -0.152. The predicted molar refractivity (Wildman–Crippen MR) is 95.0 cm³/mol. The summed E-state index contributed by atoms with van der Waals surface area (Å²) in [7, 11) is 0. The van der Waals surface area contributed by atoms with Crippen molar-refractivity contribution >= 4 is 17.4 Å². The van der Waals surface area contributed by atoms with E-state index < -0.39 is 0 Å². The molecule has 5 bridgehead atoms. The third kappa shape index (κ3) is 1.46. The Labute approximate surface area is 147 Å². The Morgan fingerprint density at radius 3 is 3.04 bits per heavy atom. The van der Waals surface area contributed by atoms with Crippen LogP contribution < -0.4 is 0 Å². The Bertz CT molecular complexity index is 872. The summed E-state index contributed by atoms with van der Waals surface area (Å²) >= 11 is 0. The third-order valence-electron chi connectivity index (χ3n) is 7.48. The van der Waals surface area contributed by atoms with Crippen molar-refractivity contribution in [2.75, 3.05) is 6.54 Å². The van der Waals surface area contributed by atoms with Crippen LogP contribution in [0.5, 0.6) is 0 Å². The molecular weight excluding hydrogens is 312 g/mol. The average molecular weight is 334 g/mol. The maximum Gasteiger partial charge on any atom is 0.302 e. The van der Waals surface area contributed by atoms with E-state index in [0.29, 0.717) is 23.9 Å². The average Bonchev–Trinajstić information content (AvgIpc) is 3.09. The molecule has 0 amide bonds. The molecule has 1 spiro atoms. The molecular formula is C21H22N2O2. The number of nitrogens with zero attached hydrogens (tertiary/aromatic N) is 2. The second-order valence-electron chi connectivity index (χ2n) is 8.26. The van der Waals surface area contributed by atoms with Crippen LogP contribution in [0, 0.1) is 11.8 Å². The summed E-state index contributed by atoms with van der Waals surface area (Å²) < 4.78 is 6.09. The fourth-order valence-electron chi connectivity index (χ4n) is 6.78. The zero-order valence-electron chi connectivity index (χ0n) is 14.6. The molecule has 128 valence electrons. The number of esters is 1. The molecule has 0 aromatic heterocycles. The van der Waals surface area contributed by atoms with Crippen LogP contribution in [0.25, 0.3) is 0 Å². The van der Waals surface area contributed by atoms with Gasteiger partial charge in [0, 0.05) is 25.4 Å². The zero-order valence-corrected chi connectivity index (χ0v) is 14.6. The third-order valence-corrected chi connectivity index (χ3v) is 7.48. The molecule has 4 nitrogen and oxygen atoms in total. The number of aliphatic imine (C=N–C) groups is 1. The molecule has 4 heteroatoms. The van der Waals surface area contributed by atoms with E-state index in [0.717, 1.165) is 25.1 Å². The van der Waals surface area contributed by atoms with E-state index in [1.54, 1.807) is 6.92 Å². The normalized spacial score (nSPS) is 46.2. The van der Waals surface area contributed by atoms with Crippen molar-refractivity contribution in [2.45, 2.75) is 50.3 Å². The van der Waals surface area contributed by atoms with Crippen LogP contribution in [0.15, 0.2) is 40.9 Å². The van der Waals surface area contributed by atoms with Crippen LogP contribution in [-0.4, -0.2) is 41.3 Å². The number of hydrogen-bond donors (Lipinski definition) is 0. The molecule has 1 aliphatic carbocycles. The number of carbonyl (C=O) groups excluding carboxylic acids is 1. The van der Waals surface area contributed by atoms with Crippen molar-refractivity contribution < 1.29 is 9.53 Å². The summed E-state index contributed by atoms with van der Waals surface area (Å²) in [6.45, 7) is 4.77. The molecule has 0 N–H and O–H groups in total. The van der Waals surface area contributed by atoms with Gasteiger partial charge in [0.25, 0.3) is 0 Å². The second kappa shape index (κ2) is 4.42. The van der Waals surface area contributed by atoms with E-state index in [4.69, 9.17) is 9.73 Å². The number of carbonyl (C=O) groups is 1. The molecule has 6 aliphatic rings. The van der Waals surface area contributed by atoms with Gasteiger partial charge in [0.05, 0.1) is 22.9 Å². The van der Waals surface area contributed by atoms with Gasteiger partial charge in [-0.2, -0.15) is 0 Å². The number of ether oxygens (including phenoxy) is 1. The zero-order chi connectivity index (χ0) is 16.9. The first-order valence-electron chi connectivity index (χ1n) is 9.42. The van der Waals surface area contributed by atoms with Crippen LogP contribution in [-0.2, 0) is 14.9 Å². The maximum absolute atomic E-state index is 12.0. The highest BCUT2D eigenvalue weighted by Gasteiger charge is 2.73. The Morgan fingerprint density at radius 1 is 1.40 bits per heavy atom. The Balaban J connectivity index is 1.62. The minimum absolute atomic E-state index is 0.0763. The fraction of sp³-hybridized carbons (Fsp3) is 0.524. The van der Waals surface area contributed by atoms with Gasteiger partial charge in [-0.05, 0) is 37.3 Å². The Morgan fingerprint density at radius 2 is 2.24 bits per heavy atom. The van der Waals surface area contributed by atoms with Crippen molar-refractivity contribution in [3.8, 4) is 0 Å². The molecule has 1 aromatic rings. The summed E-state index contributed by atoms with van der Waals surface area (Å²) in [6, 6.07) is 9.42. The van der Waals surface area contributed by atoms with Crippen LogP contribution >= 0.6 is 0 Å². The topological polar surface area (TPSA) is 41.9 Å². The van der Waals surface area contributed by atoms with Gasteiger partial charge in [-0.1, -0.05) is 29.8 Å². The first-order chi connectivity index (χ1) is 12.1. The van der Waals surface area contributed by atoms with E-state index in [1.807, 2.05) is 0 Å². The molecule has 5 aliphatic heterocycles. The van der Waals surface area contributed by atoms with Crippen molar-refractivity contribution in [3.05, 3.63) is 41.5 Å². The van der Waals surface area contributed by atoms with Gasteiger partial charge < -0.3 is 4.74 Å². The molecule has 1 saturated carbocycles. The van der Waals surface area contributed by atoms with Crippen molar-refractivity contribution in [1.29, 1.82) is 0 Å². The molecule has 25 heavy (non-hydrogen) atoms. The lowest BCUT2D eigenvalue weighted by Gasteiger charge is -2.55. The van der Waals surface area contributed by atoms with E-state index >= 15 is 0 Å². The van der Waals surface area contributed by atoms with Crippen molar-refractivity contribution in [1.82, 2.24) is 4.90 Å². The lowest BCUT2D eigenvalue weighted by atomic mass is 9.66. The molecule has 0 radical (unpaired) electrons. The molecule has 5 heterocycles. The van der Waals surface area contributed by atoms with Crippen LogP contribution in [0.3, 0.4) is 0 Å². The summed E-state index contributed by atoms with van der Waals surface area (Å²) in [5.74, 6) is 0.778. The highest BCUT2D eigenvalue weighted by atomic mass is 16.5. The number of allylic oxidation sites excluding steroid dienone is 1. The second-order valence-corrected chi connectivity index (χ2v) is 8.26. The largest absolute Gasteiger partial charge is 0.461 e. The van der Waals surface area contributed by atoms with E-state index in [9.17, 15) is 4.79 Å². The smallest absolute Gasteiger partial charge is 0.302 e. The first-order valence-corrected chi connectivity index (χ1v) is 9.42. The summed E-state index contributed by atoms with van der Waals surface area (Å²) in [4.78, 5) is 19.8. The summed E-state index contributed by atoms with van der Waals surface area (Å²) in [6.07, 6.45) is 4.40. The number of hydrogen-bond acceptors (Lipinski definition) is 4. The van der Waals surface area contributed by atoms with Gasteiger partial charge in [0.2, 0.25) is 0 Å².